The number of carbonyl (C=O) groups excluding carboxylic acids is 1. The molecule has 1 heterocycles. The maximum Gasteiger partial charge on any atom is 0.245 e. The van der Waals surface area contributed by atoms with E-state index in [1.54, 1.807) is 19.4 Å². The topological polar surface area (TPSA) is 63.2 Å². The van der Waals surface area contributed by atoms with E-state index in [-0.39, 0.29) is 11.8 Å². The standard InChI is InChI=1S/C19H18BrN3O2/c1-12(19(24)23-22-18-8-6-16(20)11-21-18)13-3-4-15-10-17(25-2)7-5-14(15)9-13/h3-12H,1-2H3,(H,21,22)(H,23,24). The van der Waals surface area contributed by atoms with Gasteiger partial charge in [0.05, 0.1) is 13.0 Å². The van der Waals surface area contributed by atoms with Crippen LogP contribution in [0.5, 0.6) is 5.75 Å². The number of pyridine rings is 1. The van der Waals surface area contributed by atoms with Crippen molar-refractivity contribution in [2.45, 2.75) is 12.8 Å². The number of amides is 1. The Balaban J connectivity index is 1.70. The number of hydrazine groups is 1. The highest BCUT2D eigenvalue weighted by molar-refractivity contribution is 9.10. The molecule has 0 saturated heterocycles. The van der Waals surface area contributed by atoms with Crippen molar-refractivity contribution in [1.29, 1.82) is 0 Å². The molecule has 1 atom stereocenters. The van der Waals surface area contributed by atoms with Gasteiger partial charge in [-0.05, 0) is 63.5 Å². The van der Waals surface area contributed by atoms with E-state index in [0.717, 1.165) is 26.6 Å². The smallest absolute Gasteiger partial charge is 0.245 e. The molecule has 5 nitrogen and oxygen atoms in total. The molecule has 1 unspecified atom stereocenters. The summed E-state index contributed by atoms with van der Waals surface area (Å²) in [5, 5.41) is 2.15. The molecule has 1 amide bonds. The van der Waals surface area contributed by atoms with Crippen LogP contribution in [0.3, 0.4) is 0 Å². The number of fused-ring (bicyclic) bond motifs is 1. The molecule has 2 N–H and O–H groups in total. The zero-order chi connectivity index (χ0) is 17.8. The summed E-state index contributed by atoms with van der Waals surface area (Å²) in [6, 6.07) is 15.5. The monoisotopic (exact) mass is 399 g/mol. The lowest BCUT2D eigenvalue weighted by Gasteiger charge is -2.14. The first kappa shape index (κ1) is 17.2. The van der Waals surface area contributed by atoms with Crippen molar-refractivity contribution < 1.29 is 9.53 Å². The molecule has 0 spiro atoms. The minimum atomic E-state index is -0.297. The first-order chi connectivity index (χ1) is 12.1. The lowest BCUT2D eigenvalue weighted by atomic mass is 9.97. The summed E-state index contributed by atoms with van der Waals surface area (Å²) in [5.41, 5.74) is 6.47. The maximum atomic E-state index is 12.4. The van der Waals surface area contributed by atoms with Gasteiger partial charge < -0.3 is 4.74 Å². The first-order valence-electron chi connectivity index (χ1n) is 7.82. The Morgan fingerprint density at radius 2 is 1.88 bits per heavy atom. The number of rotatable bonds is 5. The molecule has 3 rings (SSSR count). The number of aromatic nitrogens is 1. The number of anilines is 1. The van der Waals surface area contributed by atoms with E-state index in [9.17, 15) is 4.79 Å². The summed E-state index contributed by atoms with van der Waals surface area (Å²) in [7, 11) is 1.65. The zero-order valence-corrected chi connectivity index (χ0v) is 15.5. The van der Waals surface area contributed by atoms with Gasteiger partial charge in [-0.25, -0.2) is 4.98 Å². The van der Waals surface area contributed by atoms with Gasteiger partial charge in [0.15, 0.2) is 0 Å². The van der Waals surface area contributed by atoms with Gasteiger partial charge in [0.25, 0.3) is 0 Å². The zero-order valence-electron chi connectivity index (χ0n) is 13.9. The van der Waals surface area contributed by atoms with Crippen LogP contribution < -0.4 is 15.6 Å². The molecule has 3 aromatic rings. The molecule has 0 radical (unpaired) electrons. The van der Waals surface area contributed by atoms with E-state index < -0.39 is 0 Å². The molecule has 128 valence electrons. The van der Waals surface area contributed by atoms with Crippen LogP contribution in [-0.4, -0.2) is 18.0 Å². The van der Waals surface area contributed by atoms with Crippen molar-refractivity contribution in [1.82, 2.24) is 10.4 Å². The summed E-state index contributed by atoms with van der Waals surface area (Å²) in [6.45, 7) is 1.87. The van der Waals surface area contributed by atoms with E-state index in [1.165, 1.54) is 0 Å². The fourth-order valence-corrected chi connectivity index (χ4v) is 2.71. The number of hydrogen-bond donors (Lipinski definition) is 2. The van der Waals surface area contributed by atoms with Crippen LogP contribution in [-0.2, 0) is 4.79 Å². The van der Waals surface area contributed by atoms with Crippen molar-refractivity contribution in [3.05, 3.63) is 64.8 Å². The van der Waals surface area contributed by atoms with Crippen LogP contribution in [0, 0.1) is 0 Å². The number of ether oxygens (including phenoxy) is 1. The first-order valence-corrected chi connectivity index (χ1v) is 8.61. The second-order valence-electron chi connectivity index (χ2n) is 5.67. The molecule has 2 aromatic carbocycles. The lowest BCUT2D eigenvalue weighted by molar-refractivity contribution is -0.121. The number of methoxy groups -OCH3 is 1. The summed E-state index contributed by atoms with van der Waals surface area (Å²) in [5.74, 6) is 0.971. The molecule has 0 aliphatic carbocycles. The quantitative estimate of drug-likeness (QED) is 0.629. The van der Waals surface area contributed by atoms with E-state index in [2.05, 4.69) is 31.8 Å². The van der Waals surface area contributed by atoms with Gasteiger partial charge in [-0.2, -0.15) is 0 Å². The number of halogens is 1. The van der Waals surface area contributed by atoms with Crippen LogP contribution in [0.25, 0.3) is 10.8 Å². The fraction of sp³-hybridized carbons (Fsp3) is 0.158. The van der Waals surface area contributed by atoms with Crippen molar-refractivity contribution in [2.75, 3.05) is 12.5 Å². The minimum Gasteiger partial charge on any atom is -0.497 e. The summed E-state index contributed by atoms with van der Waals surface area (Å²) >= 11 is 3.32. The van der Waals surface area contributed by atoms with Crippen LogP contribution >= 0.6 is 15.9 Å². The third kappa shape index (κ3) is 4.09. The summed E-state index contributed by atoms with van der Waals surface area (Å²) in [4.78, 5) is 16.5. The minimum absolute atomic E-state index is 0.127. The molecular formula is C19H18BrN3O2. The second-order valence-corrected chi connectivity index (χ2v) is 6.59. The Bertz CT molecular complexity index is 897. The average Bonchev–Trinajstić information content (AvgIpc) is 2.65. The van der Waals surface area contributed by atoms with E-state index in [1.807, 2.05) is 49.4 Å². The van der Waals surface area contributed by atoms with Crippen molar-refractivity contribution in [2.24, 2.45) is 0 Å². The van der Waals surface area contributed by atoms with E-state index in [0.29, 0.717) is 5.82 Å². The SMILES string of the molecule is COc1ccc2cc(C(C)C(=O)NNc3ccc(Br)cn3)ccc2c1. The number of hydrogen-bond acceptors (Lipinski definition) is 4. The summed E-state index contributed by atoms with van der Waals surface area (Å²) < 4.78 is 6.12. The average molecular weight is 400 g/mol. The largest absolute Gasteiger partial charge is 0.497 e. The van der Waals surface area contributed by atoms with Gasteiger partial charge in [0.2, 0.25) is 5.91 Å². The van der Waals surface area contributed by atoms with Crippen molar-refractivity contribution in [3.63, 3.8) is 0 Å². The third-order valence-corrected chi connectivity index (χ3v) is 4.47. The molecule has 0 aliphatic heterocycles. The highest BCUT2D eigenvalue weighted by Crippen LogP contribution is 2.25. The van der Waals surface area contributed by atoms with Gasteiger partial charge in [0.1, 0.15) is 11.6 Å². The van der Waals surface area contributed by atoms with Crippen LogP contribution in [0.4, 0.5) is 5.82 Å². The van der Waals surface area contributed by atoms with Crippen LogP contribution in [0.2, 0.25) is 0 Å². The fourth-order valence-electron chi connectivity index (χ4n) is 2.47. The van der Waals surface area contributed by atoms with Gasteiger partial charge in [-0.1, -0.05) is 24.3 Å². The summed E-state index contributed by atoms with van der Waals surface area (Å²) in [6.07, 6.45) is 1.66. The Hall–Kier alpha value is -2.60. The van der Waals surface area contributed by atoms with Crippen LogP contribution in [0.15, 0.2) is 59.2 Å². The lowest BCUT2D eigenvalue weighted by Crippen LogP contribution is -2.33. The predicted octanol–water partition coefficient (Wildman–Crippen LogP) is 4.25. The number of nitrogens with zero attached hydrogens (tertiary/aromatic N) is 1. The van der Waals surface area contributed by atoms with Gasteiger partial charge in [-0.3, -0.25) is 15.6 Å². The molecule has 6 heteroatoms. The van der Waals surface area contributed by atoms with Crippen LogP contribution in [0.1, 0.15) is 18.4 Å². The molecule has 0 saturated carbocycles. The molecule has 25 heavy (non-hydrogen) atoms. The number of carbonyl (C=O) groups is 1. The van der Waals surface area contributed by atoms with Crippen molar-refractivity contribution in [3.8, 4) is 5.75 Å². The highest BCUT2D eigenvalue weighted by atomic mass is 79.9. The van der Waals surface area contributed by atoms with Crippen molar-refractivity contribution >= 4 is 38.4 Å². The normalized spacial score (nSPS) is 11.8. The highest BCUT2D eigenvalue weighted by Gasteiger charge is 2.15. The molecule has 0 fully saturated rings. The van der Waals surface area contributed by atoms with E-state index in [4.69, 9.17) is 4.74 Å². The molecular weight excluding hydrogens is 382 g/mol. The van der Waals surface area contributed by atoms with Gasteiger partial charge in [-0.15, -0.1) is 0 Å². The Labute approximate surface area is 154 Å². The number of nitrogens with one attached hydrogen (secondary N) is 2. The Morgan fingerprint density at radius 3 is 2.60 bits per heavy atom. The second kappa shape index (κ2) is 7.53. The molecule has 0 aliphatic rings. The Kier molecular flexibility index (Phi) is 5.19. The predicted molar refractivity (Wildman–Crippen MR) is 103 cm³/mol. The maximum absolute atomic E-state index is 12.4. The van der Waals surface area contributed by atoms with Gasteiger partial charge >= 0.3 is 0 Å². The molecule has 1 aromatic heterocycles. The Morgan fingerprint density at radius 1 is 1.12 bits per heavy atom. The number of benzene rings is 2. The van der Waals surface area contributed by atoms with E-state index >= 15 is 0 Å². The molecule has 0 bridgehead atoms. The third-order valence-electron chi connectivity index (χ3n) is 4.01. The van der Waals surface area contributed by atoms with Gasteiger partial charge in [0, 0.05) is 10.7 Å².